The second-order valence-electron chi connectivity index (χ2n) is 5.58. The minimum absolute atomic E-state index is 0.175. The summed E-state index contributed by atoms with van der Waals surface area (Å²) in [5.74, 6) is -0.301. The first-order valence-corrected chi connectivity index (χ1v) is 7.80. The zero-order valence-electron chi connectivity index (χ0n) is 12.3. The highest BCUT2D eigenvalue weighted by Crippen LogP contribution is 2.30. The first kappa shape index (κ1) is 15.8. The van der Waals surface area contributed by atoms with Crippen LogP contribution in [0.5, 0.6) is 0 Å². The number of amides is 3. The SMILES string of the molecule is C[C@]1(c2ccc(Cl)cc2)NC(=O)N(Cc2cccc(Cl)c2)C1=O. The molecule has 2 aromatic rings. The molecule has 0 aromatic heterocycles. The lowest BCUT2D eigenvalue weighted by molar-refractivity contribution is -0.131. The predicted molar refractivity (Wildman–Crippen MR) is 89.3 cm³/mol. The van der Waals surface area contributed by atoms with E-state index in [-0.39, 0.29) is 12.5 Å². The predicted octanol–water partition coefficient (Wildman–Crippen LogP) is 3.96. The van der Waals surface area contributed by atoms with Crippen molar-refractivity contribution in [3.05, 3.63) is 69.7 Å². The summed E-state index contributed by atoms with van der Waals surface area (Å²) in [4.78, 5) is 26.2. The highest BCUT2D eigenvalue weighted by molar-refractivity contribution is 6.30. The molecule has 1 aliphatic rings. The number of nitrogens with one attached hydrogen (secondary N) is 1. The van der Waals surface area contributed by atoms with E-state index in [0.717, 1.165) is 5.56 Å². The normalized spacial score (nSPS) is 20.7. The van der Waals surface area contributed by atoms with Gasteiger partial charge in [-0.05, 0) is 42.3 Å². The second kappa shape index (κ2) is 5.87. The highest BCUT2D eigenvalue weighted by Gasteiger charge is 2.48. The Morgan fingerprint density at radius 1 is 1.04 bits per heavy atom. The Morgan fingerprint density at radius 2 is 1.74 bits per heavy atom. The third kappa shape index (κ3) is 2.92. The van der Waals surface area contributed by atoms with E-state index < -0.39 is 11.6 Å². The van der Waals surface area contributed by atoms with E-state index in [1.165, 1.54) is 4.90 Å². The number of rotatable bonds is 3. The topological polar surface area (TPSA) is 49.4 Å². The molecule has 23 heavy (non-hydrogen) atoms. The molecular weight excluding hydrogens is 335 g/mol. The fourth-order valence-electron chi connectivity index (χ4n) is 2.64. The molecule has 0 unspecified atom stereocenters. The minimum Gasteiger partial charge on any atom is -0.319 e. The van der Waals surface area contributed by atoms with Gasteiger partial charge in [0.1, 0.15) is 5.54 Å². The quantitative estimate of drug-likeness (QED) is 0.853. The number of urea groups is 1. The summed E-state index contributed by atoms with van der Waals surface area (Å²) in [6.07, 6.45) is 0. The molecule has 1 heterocycles. The second-order valence-corrected chi connectivity index (χ2v) is 6.46. The maximum Gasteiger partial charge on any atom is 0.325 e. The summed E-state index contributed by atoms with van der Waals surface area (Å²) < 4.78 is 0. The van der Waals surface area contributed by atoms with Crippen LogP contribution in [0.25, 0.3) is 0 Å². The van der Waals surface area contributed by atoms with Crippen LogP contribution in [0.4, 0.5) is 4.79 Å². The van der Waals surface area contributed by atoms with Gasteiger partial charge in [-0.2, -0.15) is 0 Å². The molecule has 0 saturated carbocycles. The van der Waals surface area contributed by atoms with Crippen molar-refractivity contribution < 1.29 is 9.59 Å². The van der Waals surface area contributed by atoms with Gasteiger partial charge in [0.05, 0.1) is 6.54 Å². The molecule has 1 fully saturated rings. The van der Waals surface area contributed by atoms with Gasteiger partial charge in [0.2, 0.25) is 0 Å². The lowest BCUT2D eigenvalue weighted by Crippen LogP contribution is -2.40. The van der Waals surface area contributed by atoms with Gasteiger partial charge in [0.25, 0.3) is 5.91 Å². The molecule has 6 heteroatoms. The van der Waals surface area contributed by atoms with Gasteiger partial charge >= 0.3 is 6.03 Å². The largest absolute Gasteiger partial charge is 0.325 e. The molecule has 3 amide bonds. The van der Waals surface area contributed by atoms with Crippen LogP contribution in [0, 0.1) is 0 Å². The van der Waals surface area contributed by atoms with Gasteiger partial charge in [-0.15, -0.1) is 0 Å². The van der Waals surface area contributed by atoms with Crippen molar-refractivity contribution in [1.82, 2.24) is 10.2 Å². The van der Waals surface area contributed by atoms with Crippen molar-refractivity contribution in [1.29, 1.82) is 0 Å². The van der Waals surface area contributed by atoms with Crippen molar-refractivity contribution >= 4 is 35.1 Å². The molecule has 2 aromatic carbocycles. The van der Waals surface area contributed by atoms with Gasteiger partial charge in [0, 0.05) is 10.0 Å². The smallest absolute Gasteiger partial charge is 0.319 e. The maximum atomic E-state index is 12.8. The zero-order valence-corrected chi connectivity index (χ0v) is 13.9. The van der Waals surface area contributed by atoms with Gasteiger partial charge in [-0.1, -0.05) is 47.5 Å². The van der Waals surface area contributed by atoms with Crippen LogP contribution in [0.3, 0.4) is 0 Å². The Bertz CT molecular complexity index is 776. The van der Waals surface area contributed by atoms with Crippen molar-refractivity contribution in [3.8, 4) is 0 Å². The Kier molecular flexibility index (Phi) is 4.04. The van der Waals surface area contributed by atoms with E-state index in [2.05, 4.69) is 5.32 Å². The van der Waals surface area contributed by atoms with E-state index in [1.807, 2.05) is 6.07 Å². The average Bonchev–Trinajstić information content (AvgIpc) is 2.72. The fraction of sp³-hybridized carbons (Fsp3) is 0.176. The first-order chi connectivity index (χ1) is 10.9. The van der Waals surface area contributed by atoms with Crippen LogP contribution in [0.15, 0.2) is 48.5 Å². The standard InChI is InChI=1S/C17H14Cl2N2O2/c1-17(12-5-7-13(18)8-6-12)15(22)21(16(23)20-17)10-11-3-2-4-14(19)9-11/h2-9H,10H2,1H3,(H,20,23)/t17-/m1/s1. The Hall–Kier alpha value is -2.04. The molecule has 0 aliphatic carbocycles. The maximum absolute atomic E-state index is 12.8. The third-order valence-corrected chi connectivity index (χ3v) is 4.41. The van der Waals surface area contributed by atoms with Crippen molar-refractivity contribution in [2.24, 2.45) is 0 Å². The van der Waals surface area contributed by atoms with Crippen LogP contribution in [-0.2, 0) is 16.9 Å². The number of benzene rings is 2. The van der Waals surface area contributed by atoms with Crippen LogP contribution >= 0.6 is 23.2 Å². The summed E-state index contributed by atoms with van der Waals surface area (Å²) in [5.41, 5.74) is 0.385. The molecule has 4 nitrogen and oxygen atoms in total. The molecule has 0 spiro atoms. The lowest BCUT2D eigenvalue weighted by atomic mass is 9.92. The van der Waals surface area contributed by atoms with Crippen molar-refractivity contribution in [2.45, 2.75) is 19.0 Å². The summed E-state index contributed by atoms with van der Waals surface area (Å²) in [7, 11) is 0. The molecule has 0 radical (unpaired) electrons. The van der Waals surface area contributed by atoms with Gasteiger partial charge in [0.15, 0.2) is 0 Å². The lowest BCUT2D eigenvalue weighted by Gasteiger charge is -2.22. The molecule has 3 rings (SSSR count). The zero-order chi connectivity index (χ0) is 16.6. The van der Waals surface area contributed by atoms with E-state index in [0.29, 0.717) is 15.6 Å². The summed E-state index contributed by atoms with van der Waals surface area (Å²) in [5, 5.41) is 3.90. The fourth-order valence-corrected chi connectivity index (χ4v) is 2.98. The molecule has 1 aliphatic heterocycles. The molecular formula is C17H14Cl2N2O2. The molecule has 0 bridgehead atoms. The Balaban J connectivity index is 1.89. The Labute approximate surface area is 144 Å². The molecule has 1 saturated heterocycles. The van der Waals surface area contributed by atoms with Gasteiger partial charge < -0.3 is 5.32 Å². The van der Waals surface area contributed by atoms with E-state index in [4.69, 9.17) is 23.2 Å². The van der Waals surface area contributed by atoms with Crippen LogP contribution in [0.2, 0.25) is 10.0 Å². The average molecular weight is 349 g/mol. The Morgan fingerprint density at radius 3 is 2.39 bits per heavy atom. The monoisotopic (exact) mass is 348 g/mol. The number of hydrogen-bond acceptors (Lipinski definition) is 2. The third-order valence-electron chi connectivity index (χ3n) is 3.93. The number of hydrogen-bond donors (Lipinski definition) is 1. The number of halogens is 2. The number of carbonyl (C=O) groups excluding carboxylic acids is 2. The number of imide groups is 1. The summed E-state index contributed by atoms with van der Waals surface area (Å²) in [6.45, 7) is 1.86. The number of nitrogens with zero attached hydrogens (tertiary/aromatic N) is 1. The van der Waals surface area contributed by atoms with Crippen molar-refractivity contribution in [2.75, 3.05) is 0 Å². The molecule has 1 N–H and O–H groups in total. The minimum atomic E-state index is -1.10. The van der Waals surface area contributed by atoms with Crippen molar-refractivity contribution in [3.63, 3.8) is 0 Å². The van der Waals surface area contributed by atoms with Gasteiger partial charge in [-0.25, -0.2) is 4.79 Å². The van der Waals surface area contributed by atoms with E-state index in [1.54, 1.807) is 49.4 Å². The van der Waals surface area contributed by atoms with E-state index >= 15 is 0 Å². The van der Waals surface area contributed by atoms with Gasteiger partial charge in [-0.3, -0.25) is 9.69 Å². The first-order valence-electron chi connectivity index (χ1n) is 7.05. The van der Waals surface area contributed by atoms with Crippen LogP contribution < -0.4 is 5.32 Å². The number of carbonyl (C=O) groups is 2. The van der Waals surface area contributed by atoms with Crippen LogP contribution in [-0.4, -0.2) is 16.8 Å². The molecule has 118 valence electrons. The molecule has 1 atom stereocenters. The van der Waals surface area contributed by atoms with Crippen LogP contribution in [0.1, 0.15) is 18.1 Å². The summed E-state index contributed by atoms with van der Waals surface area (Å²) in [6, 6.07) is 13.5. The summed E-state index contributed by atoms with van der Waals surface area (Å²) >= 11 is 11.8. The van der Waals surface area contributed by atoms with E-state index in [9.17, 15) is 9.59 Å². The highest BCUT2D eigenvalue weighted by atomic mass is 35.5.